The lowest BCUT2D eigenvalue weighted by atomic mass is 10.1. The second-order valence-electron chi connectivity index (χ2n) is 9.08. The fourth-order valence-electron chi connectivity index (χ4n) is 4.25. The molecule has 2 aliphatic heterocycles. The van der Waals surface area contributed by atoms with E-state index in [-0.39, 0.29) is 6.10 Å². The number of morpholine rings is 1. The third-order valence-corrected chi connectivity index (χ3v) is 6.36. The van der Waals surface area contributed by atoms with Crippen LogP contribution in [0.15, 0.2) is 54.7 Å². The summed E-state index contributed by atoms with van der Waals surface area (Å²) in [6.45, 7) is 9.66. The van der Waals surface area contributed by atoms with Crippen LogP contribution in [0.4, 0.5) is 23.0 Å². The Kier molecular flexibility index (Phi) is 6.51. The molecule has 1 aromatic heterocycles. The highest BCUT2D eigenvalue weighted by Crippen LogP contribution is 2.30. The number of rotatable bonds is 7. The quantitative estimate of drug-likeness (QED) is 0.515. The molecule has 2 aliphatic rings. The number of likely N-dealkylation sites (tertiary alicyclic amines) is 1. The highest BCUT2D eigenvalue weighted by atomic mass is 16.5. The lowest BCUT2D eigenvalue weighted by molar-refractivity contribution is 0.000570. The van der Waals surface area contributed by atoms with Crippen LogP contribution in [0.2, 0.25) is 0 Å². The van der Waals surface area contributed by atoms with E-state index in [0.29, 0.717) is 17.7 Å². The predicted molar refractivity (Wildman–Crippen MR) is 136 cm³/mol. The zero-order valence-electron chi connectivity index (χ0n) is 19.8. The van der Waals surface area contributed by atoms with Crippen molar-refractivity contribution in [1.82, 2.24) is 14.9 Å². The van der Waals surface area contributed by atoms with Crippen molar-refractivity contribution in [2.45, 2.75) is 26.0 Å². The van der Waals surface area contributed by atoms with E-state index in [2.05, 4.69) is 51.1 Å². The molecule has 3 aromatic rings. The Balaban J connectivity index is 1.23. The highest BCUT2D eigenvalue weighted by Gasteiger charge is 2.30. The maximum atomic E-state index is 6.31. The van der Waals surface area contributed by atoms with Gasteiger partial charge in [0, 0.05) is 55.4 Å². The largest absolute Gasteiger partial charge is 0.486 e. The van der Waals surface area contributed by atoms with Crippen LogP contribution in [0.5, 0.6) is 5.75 Å². The minimum atomic E-state index is 0.194. The van der Waals surface area contributed by atoms with Crippen molar-refractivity contribution in [2.75, 3.05) is 55.3 Å². The Hall–Kier alpha value is -3.36. The summed E-state index contributed by atoms with van der Waals surface area (Å²) in [4.78, 5) is 13.8. The van der Waals surface area contributed by atoms with E-state index in [0.717, 1.165) is 62.1 Å². The monoisotopic (exact) mass is 460 g/mol. The number of nitrogens with zero attached hydrogens (tertiary/aromatic N) is 4. The van der Waals surface area contributed by atoms with Crippen molar-refractivity contribution in [2.24, 2.45) is 0 Å². The number of nitrogens with two attached hydrogens (primary N) is 1. The van der Waals surface area contributed by atoms with Gasteiger partial charge >= 0.3 is 0 Å². The van der Waals surface area contributed by atoms with Gasteiger partial charge in [-0.1, -0.05) is 0 Å². The molecule has 0 unspecified atom stereocenters. The van der Waals surface area contributed by atoms with Gasteiger partial charge in [0.05, 0.1) is 24.6 Å². The lowest BCUT2D eigenvalue weighted by Crippen LogP contribution is -2.56. The molecule has 0 atom stereocenters. The first-order valence-corrected chi connectivity index (χ1v) is 11.9. The van der Waals surface area contributed by atoms with Gasteiger partial charge in [0.25, 0.3) is 0 Å². The van der Waals surface area contributed by atoms with Gasteiger partial charge < -0.3 is 25.4 Å². The van der Waals surface area contributed by atoms with E-state index in [1.807, 2.05) is 36.4 Å². The Morgan fingerprint density at radius 2 is 1.82 bits per heavy atom. The number of hydrogen-bond acceptors (Lipinski definition) is 8. The van der Waals surface area contributed by atoms with Crippen LogP contribution in [0.1, 0.15) is 13.8 Å². The number of nitrogens with one attached hydrogen (secondary N) is 1. The summed E-state index contributed by atoms with van der Waals surface area (Å²) in [7, 11) is 0. The average Bonchev–Trinajstić information content (AvgIpc) is 2.83. The predicted octanol–water partition coefficient (Wildman–Crippen LogP) is 3.78. The Labute approximate surface area is 200 Å². The van der Waals surface area contributed by atoms with Gasteiger partial charge in [0.2, 0.25) is 5.95 Å². The van der Waals surface area contributed by atoms with Crippen LogP contribution in [0.3, 0.4) is 0 Å². The van der Waals surface area contributed by atoms with E-state index >= 15 is 0 Å². The van der Waals surface area contributed by atoms with Crippen LogP contribution in [0.25, 0.3) is 11.3 Å². The van der Waals surface area contributed by atoms with Gasteiger partial charge in [-0.15, -0.1) is 0 Å². The van der Waals surface area contributed by atoms with E-state index in [9.17, 15) is 0 Å². The first-order chi connectivity index (χ1) is 16.5. The normalized spacial score (nSPS) is 17.0. The molecule has 8 nitrogen and oxygen atoms in total. The number of anilines is 4. The average molecular weight is 461 g/mol. The molecule has 2 aromatic carbocycles. The first-order valence-electron chi connectivity index (χ1n) is 11.9. The molecule has 2 fully saturated rings. The molecule has 3 N–H and O–H groups in total. The molecule has 0 spiro atoms. The summed E-state index contributed by atoms with van der Waals surface area (Å²) < 4.78 is 11.5. The molecule has 5 rings (SSSR count). The van der Waals surface area contributed by atoms with E-state index in [1.54, 1.807) is 6.20 Å². The van der Waals surface area contributed by atoms with Gasteiger partial charge in [-0.2, -0.15) is 0 Å². The van der Waals surface area contributed by atoms with Gasteiger partial charge in [0.1, 0.15) is 11.9 Å². The van der Waals surface area contributed by atoms with Gasteiger partial charge in [-0.3, -0.25) is 4.90 Å². The standard InChI is InChI=1S/C26H32N6O2/c1-18(2)32-16-22(17-32)34-25-8-3-19(15-23(25)27)24-9-10-28-26(30-24)29-20-4-6-21(7-5-20)31-11-13-33-14-12-31/h3-10,15,18,22H,11-14,16-17,27H2,1-2H3,(H,28,29,30). The van der Waals surface area contributed by atoms with E-state index < -0.39 is 0 Å². The second kappa shape index (κ2) is 9.87. The van der Waals surface area contributed by atoms with Crippen molar-refractivity contribution in [3.8, 4) is 17.0 Å². The molecule has 0 amide bonds. The molecule has 0 saturated carbocycles. The van der Waals surface area contributed by atoms with Crippen molar-refractivity contribution in [1.29, 1.82) is 0 Å². The van der Waals surface area contributed by atoms with Crippen LogP contribution in [-0.2, 0) is 4.74 Å². The van der Waals surface area contributed by atoms with Gasteiger partial charge in [0.15, 0.2) is 0 Å². The van der Waals surface area contributed by atoms with Crippen LogP contribution < -0.4 is 20.7 Å². The summed E-state index contributed by atoms with van der Waals surface area (Å²) in [5.74, 6) is 1.27. The topological polar surface area (TPSA) is 88.8 Å². The highest BCUT2D eigenvalue weighted by molar-refractivity contribution is 5.69. The van der Waals surface area contributed by atoms with Crippen molar-refractivity contribution in [3.63, 3.8) is 0 Å². The van der Waals surface area contributed by atoms with E-state index in [1.165, 1.54) is 5.69 Å². The maximum Gasteiger partial charge on any atom is 0.227 e. The van der Waals surface area contributed by atoms with Gasteiger partial charge in [-0.05, 0) is 62.4 Å². The van der Waals surface area contributed by atoms with Crippen LogP contribution in [-0.4, -0.2) is 66.4 Å². The molecule has 178 valence electrons. The summed E-state index contributed by atoms with van der Waals surface area (Å²) >= 11 is 0. The fraction of sp³-hybridized carbons (Fsp3) is 0.385. The van der Waals surface area contributed by atoms with Crippen molar-refractivity contribution in [3.05, 3.63) is 54.7 Å². The summed E-state index contributed by atoms with van der Waals surface area (Å²) in [6.07, 6.45) is 1.95. The number of benzene rings is 2. The second-order valence-corrected chi connectivity index (χ2v) is 9.08. The van der Waals surface area contributed by atoms with Crippen molar-refractivity contribution >= 4 is 23.0 Å². The van der Waals surface area contributed by atoms with Crippen LogP contribution >= 0.6 is 0 Å². The molecule has 0 bridgehead atoms. The van der Waals surface area contributed by atoms with E-state index in [4.69, 9.17) is 15.2 Å². The Morgan fingerprint density at radius 3 is 2.53 bits per heavy atom. The summed E-state index contributed by atoms with van der Waals surface area (Å²) in [5, 5.41) is 3.30. The first kappa shape index (κ1) is 22.4. The third kappa shape index (κ3) is 5.08. The maximum absolute atomic E-state index is 6.31. The minimum absolute atomic E-state index is 0.194. The molecule has 0 radical (unpaired) electrons. The number of hydrogen-bond donors (Lipinski definition) is 2. The van der Waals surface area contributed by atoms with Crippen LogP contribution in [0, 0.1) is 0 Å². The number of nitrogen functional groups attached to an aromatic ring is 1. The molecular weight excluding hydrogens is 428 g/mol. The smallest absolute Gasteiger partial charge is 0.227 e. The fourth-order valence-corrected chi connectivity index (χ4v) is 4.25. The summed E-state index contributed by atoms with van der Waals surface area (Å²) in [6, 6.07) is 16.6. The zero-order chi connectivity index (χ0) is 23.5. The third-order valence-electron chi connectivity index (χ3n) is 6.36. The summed E-state index contributed by atoms with van der Waals surface area (Å²) in [5.41, 5.74) is 10.8. The molecule has 34 heavy (non-hydrogen) atoms. The molecular formula is C26H32N6O2. The Morgan fingerprint density at radius 1 is 1.06 bits per heavy atom. The minimum Gasteiger partial charge on any atom is -0.486 e. The Bertz CT molecular complexity index is 1110. The zero-order valence-corrected chi connectivity index (χ0v) is 19.8. The molecule has 2 saturated heterocycles. The van der Waals surface area contributed by atoms with Gasteiger partial charge in [-0.25, -0.2) is 9.97 Å². The molecule has 8 heteroatoms. The van der Waals surface area contributed by atoms with Crippen molar-refractivity contribution < 1.29 is 9.47 Å². The SMILES string of the molecule is CC(C)N1CC(Oc2ccc(-c3ccnc(Nc4ccc(N5CCOCC5)cc4)n3)cc2N)C1. The number of ether oxygens (including phenoxy) is 2. The molecule has 0 aliphatic carbocycles. The lowest BCUT2D eigenvalue weighted by Gasteiger charge is -2.41. The number of aromatic nitrogens is 2. The molecule has 3 heterocycles.